The van der Waals surface area contributed by atoms with Gasteiger partial charge in [0.05, 0.1) is 18.5 Å². The molecule has 0 fully saturated rings. The molecule has 0 aromatic carbocycles. The Morgan fingerprint density at radius 1 is 1.30 bits per heavy atom. The van der Waals surface area contributed by atoms with E-state index in [1.54, 1.807) is 11.3 Å². The maximum Gasteiger partial charge on any atom is 0.326 e. The highest BCUT2D eigenvalue weighted by molar-refractivity contribution is 7.18. The zero-order valence-corrected chi connectivity index (χ0v) is 19.3. The third-order valence-corrected chi connectivity index (χ3v) is 6.52. The Kier molecular flexibility index (Phi) is 8.02. The standard InChI is InChI=1S/C22H33N3O4S/c1-5-6-9-28-10-11-29-19(26)14-25-18(13-24(3)4)23-21-20(22(25)27)16-8-7-15(2)12-17(16)30-21/h15H,5-14H2,1-4H3. The Hall–Kier alpha value is -1.77. The van der Waals surface area contributed by atoms with E-state index in [9.17, 15) is 9.59 Å². The van der Waals surface area contributed by atoms with Gasteiger partial charge >= 0.3 is 5.97 Å². The molecule has 1 aliphatic carbocycles. The fourth-order valence-corrected chi connectivity index (χ4v) is 5.16. The SMILES string of the molecule is CCCCOCCOC(=O)Cn1c(CN(C)C)nc2sc3c(c2c1=O)CCC(C)C3. The van der Waals surface area contributed by atoms with Crippen molar-refractivity contribution in [1.82, 2.24) is 14.5 Å². The number of hydrogen-bond donors (Lipinski definition) is 0. The Balaban J connectivity index is 1.82. The predicted molar refractivity (Wildman–Crippen MR) is 119 cm³/mol. The molecule has 30 heavy (non-hydrogen) atoms. The topological polar surface area (TPSA) is 73.7 Å². The molecule has 0 radical (unpaired) electrons. The number of unbranched alkanes of at least 4 members (excludes halogenated alkanes) is 1. The number of fused-ring (bicyclic) bond motifs is 3. The fraction of sp³-hybridized carbons (Fsp3) is 0.682. The van der Waals surface area contributed by atoms with Gasteiger partial charge in [-0.05, 0) is 51.3 Å². The minimum atomic E-state index is -0.435. The molecule has 0 saturated carbocycles. The minimum Gasteiger partial charge on any atom is -0.462 e. The molecule has 0 saturated heterocycles. The van der Waals surface area contributed by atoms with E-state index < -0.39 is 5.97 Å². The lowest BCUT2D eigenvalue weighted by Crippen LogP contribution is -2.32. The van der Waals surface area contributed by atoms with Crippen LogP contribution >= 0.6 is 11.3 Å². The number of rotatable bonds is 10. The van der Waals surface area contributed by atoms with Crippen molar-refractivity contribution in [3.05, 3.63) is 26.6 Å². The second-order valence-electron chi connectivity index (χ2n) is 8.38. The van der Waals surface area contributed by atoms with E-state index in [1.165, 1.54) is 9.44 Å². The number of nitrogens with zero attached hydrogens (tertiary/aromatic N) is 3. The average Bonchev–Trinajstić information content (AvgIpc) is 3.04. The zero-order valence-electron chi connectivity index (χ0n) is 18.5. The van der Waals surface area contributed by atoms with E-state index in [0.717, 1.165) is 42.5 Å². The van der Waals surface area contributed by atoms with Crippen LogP contribution in [-0.2, 0) is 40.2 Å². The number of hydrogen-bond acceptors (Lipinski definition) is 7. The summed E-state index contributed by atoms with van der Waals surface area (Å²) in [6.07, 6.45) is 5.04. The van der Waals surface area contributed by atoms with Crippen molar-refractivity contribution in [2.24, 2.45) is 5.92 Å². The number of aryl methyl sites for hydroxylation is 1. The van der Waals surface area contributed by atoms with Gasteiger partial charge in [-0.1, -0.05) is 20.3 Å². The van der Waals surface area contributed by atoms with Crippen molar-refractivity contribution in [1.29, 1.82) is 0 Å². The first-order valence-electron chi connectivity index (χ1n) is 10.8. The molecule has 1 atom stereocenters. The van der Waals surface area contributed by atoms with Crippen LogP contribution in [0, 0.1) is 5.92 Å². The number of esters is 1. The van der Waals surface area contributed by atoms with Gasteiger partial charge in [-0.2, -0.15) is 0 Å². The molecule has 2 aromatic heterocycles. The van der Waals surface area contributed by atoms with Crippen LogP contribution in [0.5, 0.6) is 0 Å². The van der Waals surface area contributed by atoms with Gasteiger partial charge in [0.25, 0.3) is 5.56 Å². The van der Waals surface area contributed by atoms with E-state index >= 15 is 0 Å². The number of ether oxygens (including phenoxy) is 2. The lowest BCUT2D eigenvalue weighted by Gasteiger charge is -2.18. The maximum atomic E-state index is 13.4. The summed E-state index contributed by atoms with van der Waals surface area (Å²) in [6, 6.07) is 0. The number of carbonyl (C=O) groups is 1. The van der Waals surface area contributed by atoms with Crippen LogP contribution in [0.3, 0.4) is 0 Å². The first-order chi connectivity index (χ1) is 14.4. The van der Waals surface area contributed by atoms with Gasteiger partial charge in [-0.25, -0.2) is 4.98 Å². The normalized spacial score (nSPS) is 16.2. The summed E-state index contributed by atoms with van der Waals surface area (Å²) < 4.78 is 12.2. The van der Waals surface area contributed by atoms with E-state index in [-0.39, 0.29) is 18.7 Å². The highest BCUT2D eigenvalue weighted by Crippen LogP contribution is 2.35. The summed E-state index contributed by atoms with van der Waals surface area (Å²) in [6.45, 7) is 5.95. The van der Waals surface area contributed by atoms with Crippen LogP contribution < -0.4 is 5.56 Å². The molecule has 0 N–H and O–H groups in total. The van der Waals surface area contributed by atoms with Gasteiger partial charge in [-0.3, -0.25) is 14.2 Å². The van der Waals surface area contributed by atoms with Crippen LogP contribution in [0.1, 0.15) is 49.4 Å². The summed E-state index contributed by atoms with van der Waals surface area (Å²) in [5, 5.41) is 0.695. The van der Waals surface area contributed by atoms with Crippen LogP contribution in [0.2, 0.25) is 0 Å². The molecular formula is C22H33N3O4S. The van der Waals surface area contributed by atoms with E-state index in [2.05, 4.69) is 13.8 Å². The molecule has 166 valence electrons. The minimum absolute atomic E-state index is 0.124. The number of thiophene rings is 1. The molecule has 0 bridgehead atoms. The van der Waals surface area contributed by atoms with Crippen LogP contribution in [0.4, 0.5) is 0 Å². The molecule has 3 rings (SSSR count). The zero-order chi connectivity index (χ0) is 21.7. The molecule has 2 aromatic rings. The predicted octanol–water partition coefficient (Wildman–Crippen LogP) is 3.00. The molecule has 1 aliphatic rings. The lowest BCUT2D eigenvalue weighted by atomic mass is 9.89. The number of aromatic nitrogens is 2. The summed E-state index contributed by atoms with van der Waals surface area (Å²) in [5.41, 5.74) is 1.01. The van der Waals surface area contributed by atoms with Gasteiger partial charge in [0.2, 0.25) is 0 Å². The first-order valence-corrected chi connectivity index (χ1v) is 11.6. The van der Waals surface area contributed by atoms with Gasteiger partial charge in [0.15, 0.2) is 0 Å². The van der Waals surface area contributed by atoms with E-state index in [0.29, 0.717) is 36.9 Å². The Morgan fingerprint density at radius 2 is 2.10 bits per heavy atom. The Morgan fingerprint density at radius 3 is 2.83 bits per heavy atom. The maximum absolute atomic E-state index is 13.4. The van der Waals surface area contributed by atoms with Crippen molar-refractivity contribution < 1.29 is 14.3 Å². The molecule has 7 nitrogen and oxygen atoms in total. The molecule has 8 heteroatoms. The van der Waals surface area contributed by atoms with Crippen molar-refractivity contribution in [3.63, 3.8) is 0 Å². The van der Waals surface area contributed by atoms with Crippen LogP contribution in [0.15, 0.2) is 4.79 Å². The monoisotopic (exact) mass is 435 g/mol. The summed E-state index contributed by atoms with van der Waals surface area (Å²) in [5.74, 6) is 0.791. The van der Waals surface area contributed by atoms with Crippen LogP contribution in [-0.4, -0.2) is 54.3 Å². The fourth-order valence-electron chi connectivity index (χ4n) is 3.77. The quantitative estimate of drug-likeness (QED) is 0.422. The van der Waals surface area contributed by atoms with Crippen molar-refractivity contribution in [2.75, 3.05) is 33.9 Å². The van der Waals surface area contributed by atoms with Gasteiger partial charge in [0, 0.05) is 11.5 Å². The highest BCUT2D eigenvalue weighted by atomic mass is 32.1. The van der Waals surface area contributed by atoms with Crippen LogP contribution in [0.25, 0.3) is 10.2 Å². The van der Waals surface area contributed by atoms with E-state index in [4.69, 9.17) is 14.5 Å². The molecule has 2 heterocycles. The third-order valence-electron chi connectivity index (χ3n) is 5.37. The Bertz CT molecular complexity index is 935. The summed E-state index contributed by atoms with van der Waals surface area (Å²) in [7, 11) is 3.85. The van der Waals surface area contributed by atoms with Gasteiger partial charge in [0.1, 0.15) is 23.8 Å². The smallest absolute Gasteiger partial charge is 0.326 e. The summed E-state index contributed by atoms with van der Waals surface area (Å²) in [4.78, 5) is 34.6. The van der Waals surface area contributed by atoms with Crippen molar-refractivity contribution in [3.8, 4) is 0 Å². The second kappa shape index (κ2) is 10.5. The first kappa shape index (κ1) is 22.9. The molecular weight excluding hydrogens is 402 g/mol. The molecule has 0 spiro atoms. The van der Waals surface area contributed by atoms with Gasteiger partial charge in [-0.15, -0.1) is 11.3 Å². The van der Waals surface area contributed by atoms with Crippen molar-refractivity contribution >= 4 is 27.5 Å². The molecule has 0 amide bonds. The van der Waals surface area contributed by atoms with Crippen molar-refractivity contribution in [2.45, 2.75) is 59.0 Å². The largest absolute Gasteiger partial charge is 0.462 e. The second-order valence-corrected chi connectivity index (χ2v) is 9.46. The molecule has 1 unspecified atom stereocenters. The number of carbonyl (C=O) groups excluding carboxylic acids is 1. The highest BCUT2D eigenvalue weighted by Gasteiger charge is 2.25. The average molecular weight is 436 g/mol. The Labute approximate surface area is 182 Å². The van der Waals surface area contributed by atoms with E-state index in [1.807, 2.05) is 19.0 Å². The molecule has 0 aliphatic heterocycles. The summed E-state index contributed by atoms with van der Waals surface area (Å²) >= 11 is 1.63. The lowest BCUT2D eigenvalue weighted by molar-refractivity contribution is -0.146. The third kappa shape index (κ3) is 5.47. The van der Waals surface area contributed by atoms with Gasteiger partial charge < -0.3 is 14.4 Å².